The quantitative estimate of drug-likeness (QED) is 0.246. The Labute approximate surface area is 190 Å². The lowest BCUT2D eigenvalue weighted by Gasteiger charge is -2.34. The van der Waals surface area contributed by atoms with Gasteiger partial charge in [-0.25, -0.2) is 0 Å². The highest BCUT2D eigenvalue weighted by Gasteiger charge is 2.22. The van der Waals surface area contributed by atoms with E-state index in [1.807, 2.05) is 18.4 Å². The molecule has 160 valence electrons. The van der Waals surface area contributed by atoms with Crippen LogP contribution >= 0.6 is 35.3 Å². The highest BCUT2D eigenvalue weighted by Crippen LogP contribution is 2.23. The first-order valence-corrected chi connectivity index (χ1v) is 11.0. The van der Waals surface area contributed by atoms with Crippen LogP contribution in [0.5, 0.6) is 0 Å². The second-order valence-electron chi connectivity index (χ2n) is 7.27. The number of nitrogens with zero attached hydrogens (tertiary/aromatic N) is 3. The van der Waals surface area contributed by atoms with Crippen molar-refractivity contribution >= 4 is 41.3 Å². The van der Waals surface area contributed by atoms with Gasteiger partial charge >= 0.3 is 0 Å². The Morgan fingerprint density at radius 1 is 1.29 bits per heavy atom. The minimum Gasteiger partial charge on any atom is -0.385 e. The number of halogens is 1. The van der Waals surface area contributed by atoms with Gasteiger partial charge in [0.1, 0.15) is 0 Å². The second kappa shape index (κ2) is 13.0. The molecule has 28 heavy (non-hydrogen) atoms. The third kappa shape index (κ3) is 7.12. The molecule has 0 bridgehead atoms. The number of likely N-dealkylation sites (tertiary alicyclic amines) is 1. The van der Waals surface area contributed by atoms with E-state index in [9.17, 15) is 0 Å². The van der Waals surface area contributed by atoms with Crippen LogP contribution in [0, 0.1) is 0 Å². The fourth-order valence-corrected chi connectivity index (χ4v) is 4.73. The van der Waals surface area contributed by atoms with E-state index in [1.54, 1.807) is 12.0 Å². The zero-order chi connectivity index (χ0) is 18.9. The number of guanidine groups is 1. The summed E-state index contributed by atoms with van der Waals surface area (Å²) in [7, 11) is 3.62. The third-order valence-corrected chi connectivity index (χ3v) is 6.42. The predicted octanol–water partition coefficient (Wildman–Crippen LogP) is 2.82. The van der Waals surface area contributed by atoms with E-state index in [4.69, 9.17) is 9.47 Å². The van der Waals surface area contributed by atoms with Crippen LogP contribution in [0.3, 0.4) is 0 Å². The standard InChI is InChI=1S/C20H34N4O2S.HI/c1-21-20(24-10-4-18(5-11-24)26-14-3-13-25-2)22-8-12-23-9-6-19-17(16-23)7-15-27-19;/h7,15,18H,3-6,8-14,16H2,1-2H3,(H,21,22);1H. The molecule has 0 aliphatic carbocycles. The Bertz CT molecular complexity index is 591. The molecule has 0 unspecified atom stereocenters. The van der Waals surface area contributed by atoms with Gasteiger partial charge in [-0.15, -0.1) is 35.3 Å². The maximum Gasteiger partial charge on any atom is 0.193 e. The number of thiophene rings is 1. The topological polar surface area (TPSA) is 49.3 Å². The average molecular weight is 522 g/mol. The molecule has 2 aliphatic heterocycles. The highest BCUT2D eigenvalue weighted by atomic mass is 127. The highest BCUT2D eigenvalue weighted by molar-refractivity contribution is 14.0. The summed E-state index contributed by atoms with van der Waals surface area (Å²) in [4.78, 5) is 11.0. The van der Waals surface area contributed by atoms with Crippen LogP contribution in [-0.2, 0) is 22.4 Å². The molecule has 1 saturated heterocycles. The third-order valence-electron chi connectivity index (χ3n) is 5.40. The molecule has 0 amide bonds. The first kappa shape index (κ1) is 23.9. The van der Waals surface area contributed by atoms with Crippen molar-refractivity contribution in [2.24, 2.45) is 4.99 Å². The number of aliphatic imine (C=N–C) groups is 1. The Morgan fingerprint density at radius 3 is 2.86 bits per heavy atom. The van der Waals surface area contributed by atoms with Crippen molar-refractivity contribution in [2.45, 2.75) is 38.3 Å². The molecule has 1 aromatic heterocycles. The van der Waals surface area contributed by atoms with E-state index in [0.717, 1.165) is 71.2 Å². The summed E-state index contributed by atoms with van der Waals surface area (Å²) in [6, 6.07) is 2.28. The zero-order valence-electron chi connectivity index (χ0n) is 17.2. The van der Waals surface area contributed by atoms with Gasteiger partial charge < -0.3 is 19.7 Å². The van der Waals surface area contributed by atoms with Gasteiger partial charge in [0.15, 0.2) is 5.96 Å². The number of hydrogen-bond acceptors (Lipinski definition) is 5. The van der Waals surface area contributed by atoms with Gasteiger partial charge in [0.05, 0.1) is 6.10 Å². The summed E-state index contributed by atoms with van der Waals surface area (Å²) >= 11 is 1.90. The number of piperidine rings is 1. The smallest absolute Gasteiger partial charge is 0.193 e. The van der Waals surface area contributed by atoms with Crippen LogP contribution < -0.4 is 5.32 Å². The number of nitrogens with one attached hydrogen (secondary N) is 1. The second-order valence-corrected chi connectivity index (χ2v) is 8.27. The number of hydrogen-bond donors (Lipinski definition) is 1. The molecule has 1 aromatic rings. The maximum absolute atomic E-state index is 5.96. The molecule has 0 atom stereocenters. The largest absolute Gasteiger partial charge is 0.385 e. The fourth-order valence-electron chi connectivity index (χ4n) is 3.84. The molecule has 3 heterocycles. The molecule has 0 radical (unpaired) electrons. The van der Waals surface area contributed by atoms with Gasteiger partial charge in [-0.05, 0) is 42.7 Å². The van der Waals surface area contributed by atoms with Gasteiger partial charge in [-0.2, -0.15) is 0 Å². The fraction of sp³-hybridized carbons (Fsp3) is 0.750. The van der Waals surface area contributed by atoms with E-state index in [2.05, 4.69) is 31.6 Å². The number of rotatable bonds is 8. The zero-order valence-corrected chi connectivity index (χ0v) is 20.3. The van der Waals surface area contributed by atoms with E-state index in [1.165, 1.54) is 18.5 Å². The lowest BCUT2D eigenvalue weighted by molar-refractivity contribution is 0.00989. The lowest BCUT2D eigenvalue weighted by atomic mass is 10.1. The van der Waals surface area contributed by atoms with E-state index >= 15 is 0 Å². The van der Waals surface area contributed by atoms with Gasteiger partial charge in [0.25, 0.3) is 0 Å². The minimum absolute atomic E-state index is 0. The molecule has 0 aromatic carbocycles. The molecule has 0 saturated carbocycles. The van der Waals surface area contributed by atoms with E-state index in [-0.39, 0.29) is 24.0 Å². The van der Waals surface area contributed by atoms with E-state index < -0.39 is 0 Å². The number of ether oxygens (including phenoxy) is 2. The molecule has 0 spiro atoms. The monoisotopic (exact) mass is 522 g/mol. The summed E-state index contributed by atoms with van der Waals surface area (Å²) in [5.74, 6) is 1.03. The summed E-state index contributed by atoms with van der Waals surface area (Å²) < 4.78 is 11.0. The number of methoxy groups -OCH3 is 1. The van der Waals surface area contributed by atoms with Crippen molar-refractivity contribution in [1.29, 1.82) is 0 Å². The van der Waals surface area contributed by atoms with Crippen molar-refractivity contribution in [3.05, 3.63) is 21.9 Å². The van der Waals surface area contributed by atoms with Crippen LogP contribution in [0.15, 0.2) is 16.4 Å². The van der Waals surface area contributed by atoms with Gasteiger partial charge in [0, 0.05) is 71.5 Å². The van der Waals surface area contributed by atoms with Crippen molar-refractivity contribution in [2.75, 3.05) is 60.1 Å². The van der Waals surface area contributed by atoms with Crippen molar-refractivity contribution in [3.63, 3.8) is 0 Å². The molecule has 1 N–H and O–H groups in total. The van der Waals surface area contributed by atoms with Crippen molar-refractivity contribution in [3.8, 4) is 0 Å². The van der Waals surface area contributed by atoms with Crippen LogP contribution in [0.1, 0.15) is 29.7 Å². The first-order valence-electron chi connectivity index (χ1n) is 10.1. The molecule has 1 fully saturated rings. The molecule has 6 nitrogen and oxygen atoms in total. The lowest BCUT2D eigenvalue weighted by Crippen LogP contribution is -2.48. The van der Waals surface area contributed by atoms with E-state index in [0.29, 0.717) is 6.10 Å². The first-order chi connectivity index (χ1) is 13.3. The molecule has 8 heteroatoms. The summed E-state index contributed by atoms with van der Waals surface area (Å²) in [5.41, 5.74) is 1.52. The Balaban J connectivity index is 0.00000280. The van der Waals surface area contributed by atoms with Crippen LogP contribution in [-0.4, -0.2) is 82.0 Å². The Hall–Kier alpha value is -0.420. The van der Waals surface area contributed by atoms with Crippen molar-refractivity contribution in [1.82, 2.24) is 15.1 Å². The van der Waals surface area contributed by atoms with Gasteiger partial charge in [-0.1, -0.05) is 0 Å². The molecule has 2 aliphatic rings. The predicted molar refractivity (Wildman–Crippen MR) is 127 cm³/mol. The van der Waals surface area contributed by atoms with Gasteiger partial charge in [0.2, 0.25) is 0 Å². The average Bonchev–Trinajstić information content (AvgIpc) is 3.17. The molecular formula is C20H35IN4O2S. The van der Waals surface area contributed by atoms with Crippen LogP contribution in [0.4, 0.5) is 0 Å². The summed E-state index contributed by atoms with van der Waals surface area (Å²) in [5, 5.41) is 5.78. The Kier molecular flexibility index (Phi) is 11.1. The van der Waals surface area contributed by atoms with Crippen LogP contribution in [0.2, 0.25) is 0 Å². The number of fused-ring (bicyclic) bond motifs is 1. The SMILES string of the molecule is CN=C(NCCN1CCc2sccc2C1)N1CCC(OCCCOC)CC1.I. The maximum atomic E-state index is 5.96. The summed E-state index contributed by atoms with van der Waals surface area (Å²) in [6.45, 7) is 7.86. The Morgan fingerprint density at radius 2 is 2.11 bits per heavy atom. The van der Waals surface area contributed by atoms with Crippen LogP contribution in [0.25, 0.3) is 0 Å². The minimum atomic E-state index is 0. The van der Waals surface area contributed by atoms with Crippen molar-refractivity contribution < 1.29 is 9.47 Å². The summed E-state index contributed by atoms with van der Waals surface area (Å²) in [6.07, 6.45) is 4.69. The molecule has 3 rings (SSSR count). The normalized spacial score (nSPS) is 18.6. The molecular weight excluding hydrogens is 487 g/mol. The van der Waals surface area contributed by atoms with Gasteiger partial charge in [-0.3, -0.25) is 9.89 Å².